The predicted octanol–water partition coefficient (Wildman–Crippen LogP) is 0.324. The van der Waals surface area contributed by atoms with Gasteiger partial charge < -0.3 is 15.4 Å². The largest absolute Gasteiger partial charge is 0.368 e. The van der Waals surface area contributed by atoms with Gasteiger partial charge in [-0.25, -0.2) is 0 Å². The van der Waals surface area contributed by atoms with E-state index in [0.29, 0.717) is 19.3 Å². The van der Waals surface area contributed by atoms with Crippen molar-refractivity contribution in [3.63, 3.8) is 0 Å². The quantitative estimate of drug-likeness (QED) is 0.536. The van der Waals surface area contributed by atoms with Crippen molar-refractivity contribution in [1.29, 1.82) is 0 Å². The number of rotatable bonds is 6. The van der Waals surface area contributed by atoms with E-state index in [1.165, 1.54) is 4.90 Å². The Bertz CT molecular complexity index is 317. The average molecular weight is 240 g/mol. The first-order valence-electron chi connectivity index (χ1n) is 6.11. The lowest BCUT2D eigenvalue weighted by molar-refractivity contribution is -0.139. The number of aldehydes is 1. The third kappa shape index (κ3) is 2.65. The summed E-state index contributed by atoms with van der Waals surface area (Å²) in [5.41, 5.74) is 5.27. The van der Waals surface area contributed by atoms with E-state index in [-0.39, 0.29) is 11.8 Å². The highest BCUT2D eigenvalue weighted by Gasteiger charge is 2.43. The van der Waals surface area contributed by atoms with Crippen LogP contribution in [0.4, 0.5) is 0 Å². The fourth-order valence-electron chi connectivity index (χ4n) is 2.52. The van der Waals surface area contributed by atoms with Gasteiger partial charge in [-0.05, 0) is 18.8 Å². The summed E-state index contributed by atoms with van der Waals surface area (Å²) in [5.74, 6) is -1.31. The number of nitrogens with two attached hydrogens (primary N) is 1. The highest BCUT2D eigenvalue weighted by Crippen LogP contribution is 2.29. The molecule has 2 N–H and O–H groups in total. The minimum Gasteiger partial charge on any atom is -0.368 e. The molecular weight excluding hydrogens is 220 g/mol. The van der Waals surface area contributed by atoms with Gasteiger partial charge in [0.1, 0.15) is 12.3 Å². The van der Waals surface area contributed by atoms with E-state index in [2.05, 4.69) is 0 Å². The van der Waals surface area contributed by atoms with Crippen LogP contribution in [0.5, 0.6) is 0 Å². The number of primary amides is 1. The summed E-state index contributed by atoms with van der Waals surface area (Å²) in [6.45, 7) is 4.30. The summed E-state index contributed by atoms with van der Waals surface area (Å²) in [4.78, 5) is 35.7. The molecule has 1 aliphatic rings. The fourth-order valence-corrected chi connectivity index (χ4v) is 2.52. The van der Waals surface area contributed by atoms with Crippen molar-refractivity contribution in [2.24, 2.45) is 17.6 Å². The Morgan fingerprint density at radius 2 is 2.24 bits per heavy atom. The van der Waals surface area contributed by atoms with Gasteiger partial charge in [-0.3, -0.25) is 9.59 Å². The van der Waals surface area contributed by atoms with Crippen LogP contribution in [0, 0.1) is 11.8 Å². The molecule has 0 spiro atoms. The van der Waals surface area contributed by atoms with Crippen LogP contribution in [-0.2, 0) is 14.4 Å². The maximum Gasteiger partial charge on any atom is 0.240 e. The maximum atomic E-state index is 12.0. The molecule has 1 heterocycles. The molecule has 3 unspecified atom stereocenters. The van der Waals surface area contributed by atoms with E-state index in [4.69, 9.17) is 5.73 Å². The van der Waals surface area contributed by atoms with Crippen LogP contribution >= 0.6 is 0 Å². The van der Waals surface area contributed by atoms with E-state index in [0.717, 1.165) is 12.8 Å². The number of likely N-dealkylation sites (tertiary alicyclic amines) is 1. The molecule has 5 nitrogen and oxygen atoms in total. The molecule has 0 aliphatic carbocycles. The normalized spacial score (nSPS) is 26.0. The van der Waals surface area contributed by atoms with E-state index < -0.39 is 17.9 Å². The molecule has 2 amide bonds. The van der Waals surface area contributed by atoms with E-state index >= 15 is 0 Å². The van der Waals surface area contributed by atoms with Crippen LogP contribution in [0.2, 0.25) is 0 Å². The summed E-state index contributed by atoms with van der Waals surface area (Å²) in [5, 5.41) is 0. The molecule has 0 aromatic carbocycles. The van der Waals surface area contributed by atoms with Crippen molar-refractivity contribution in [2.75, 3.05) is 6.54 Å². The van der Waals surface area contributed by atoms with Gasteiger partial charge in [0.2, 0.25) is 11.8 Å². The van der Waals surface area contributed by atoms with Gasteiger partial charge in [0.05, 0.1) is 5.92 Å². The van der Waals surface area contributed by atoms with Gasteiger partial charge in [0, 0.05) is 6.54 Å². The van der Waals surface area contributed by atoms with Gasteiger partial charge in [0.15, 0.2) is 0 Å². The highest BCUT2D eigenvalue weighted by molar-refractivity contribution is 5.96. The molecule has 1 fully saturated rings. The Morgan fingerprint density at radius 1 is 1.59 bits per heavy atom. The van der Waals surface area contributed by atoms with Crippen LogP contribution in [0.25, 0.3) is 0 Å². The average Bonchev–Trinajstić information content (AvgIpc) is 2.57. The molecule has 0 saturated carbocycles. The smallest absolute Gasteiger partial charge is 0.240 e. The Balaban J connectivity index is 2.86. The summed E-state index contributed by atoms with van der Waals surface area (Å²) in [7, 11) is 0. The van der Waals surface area contributed by atoms with Crippen molar-refractivity contribution in [3.8, 4) is 0 Å². The molecule has 0 aromatic rings. The standard InChI is InChI=1S/C12H20N2O3/c1-3-5-8-6-14(10(4-2)11(13)16)12(17)9(8)7-15/h7-10H,3-6H2,1-2H3,(H2,13,16). The Kier molecular flexibility index (Phi) is 4.66. The highest BCUT2D eigenvalue weighted by atomic mass is 16.2. The second-order valence-corrected chi connectivity index (χ2v) is 4.53. The zero-order valence-electron chi connectivity index (χ0n) is 10.4. The molecule has 96 valence electrons. The zero-order valence-corrected chi connectivity index (χ0v) is 10.4. The van der Waals surface area contributed by atoms with Crippen molar-refractivity contribution < 1.29 is 14.4 Å². The molecule has 0 radical (unpaired) electrons. The minimum absolute atomic E-state index is 0.0263. The molecule has 1 aliphatic heterocycles. The third-order valence-corrected chi connectivity index (χ3v) is 3.40. The molecule has 1 rings (SSSR count). The van der Waals surface area contributed by atoms with Gasteiger partial charge >= 0.3 is 0 Å². The van der Waals surface area contributed by atoms with Crippen molar-refractivity contribution in [2.45, 2.75) is 39.2 Å². The lowest BCUT2D eigenvalue weighted by atomic mass is 9.93. The second kappa shape index (κ2) is 5.80. The van der Waals surface area contributed by atoms with Crippen LogP contribution in [0.3, 0.4) is 0 Å². The fraction of sp³-hybridized carbons (Fsp3) is 0.750. The monoisotopic (exact) mass is 240 g/mol. The Morgan fingerprint density at radius 3 is 2.65 bits per heavy atom. The van der Waals surface area contributed by atoms with Crippen LogP contribution in [-0.4, -0.2) is 35.6 Å². The lowest BCUT2D eigenvalue weighted by Gasteiger charge is -2.24. The number of nitrogens with zero attached hydrogens (tertiary/aromatic N) is 1. The number of carbonyl (C=O) groups is 3. The van der Waals surface area contributed by atoms with E-state index in [1.807, 2.05) is 13.8 Å². The van der Waals surface area contributed by atoms with Gasteiger partial charge in [-0.2, -0.15) is 0 Å². The SMILES string of the molecule is CCCC1CN(C(CC)C(N)=O)C(=O)C1C=O. The van der Waals surface area contributed by atoms with Gasteiger partial charge in [-0.15, -0.1) is 0 Å². The first-order chi connectivity index (χ1) is 8.06. The van der Waals surface area contributed by atoms with Crippen LogP contribution in [0.1, 0.15) is 33.1 Å². The maximum absolute atomic E-state index is 12.0. The van der Waals surface area contributed by atoms with E-state index in [1.54, 1.807) is 0 Å². The summed E-state index contributed by atoms with van der Waals surface area (Å²) in [6.07, 6.45) is 2.94. The van der Waals surface area contributed by atoms with Crippen molar-refractivity contribution in [1.82, 2.24) is 4.90 Å². The Hall–Kier alpha value is -1.39. The van der Waals surface area contributed by atoms with Crippen molar-refractivity contribution in [3.05, 3.63) is 0 Å². The number of hydrogen-bond donors (Lipinski definition) is 1. The second-order valence-electron chi connectivity index (χ2n) is 4.53. The third-order valence-electron chi connectivity index (χ3n) is 3.40. The first-order valence-corrected chi connectivity index (χ1v) is 6.11. The number of hydrogen-bond acceptors (Lipinski definition) is 3. The van der Waals surface area contributed by atoms with Crippen LogP contribution in [0.15, 0.2) is 0 Å². The summed E-state index contributed by atoms with van der Waals surface area (Å²) < 4.78 is 0. The first kappa shape index (κ1) is 13.7. The molecule has 0 aromatic heterocycles. The molecule has 0 bridgehead atoms. The number of amides is 2. The molecular formula is C12H20N2O3. The zero-order chi connectivity index (χ0) is 13.0. The lowest BCUT2D eigenvalue weighted by Crippen LogP contribution is -2.45. The predicted molar refractivity (Wildman–Crippen MR) is 62.9 cm³/mol. The minimum atomic E-state index is -0.594. The molecule has 17 heavy (non-hydrogen) atoms. The topological polar surface area (TPSA) is 80.5 Å². The number of carbonyl (C=O) groups excluding carboxylic acids is 3. The van der Waals surface area contributed by atoms with E-state index in [9.17, 15) is 14.4 Å². The molecule has 5 heteroatoms. The van der Waals surface area contributed by atoms with Crippen LogP contribution < -0.4 is 5.73 Å². The van der Waals surface area contributed by atoms with Gasteiger partial charge in [0.25, 0.3) is 0 Å². The molecule has 3 atom stereocenters. The summed E-state index contributed by atoms with van der Waals surface area (Å²) >= 11 is 0. The van der Waals surface area contributed by atoms with Crippen molar-refractivity contribution >= 4 is 18.1 Å². The van der Waals surface area contributed by atoms with Gasteiger partial charge in [-0.1, -0.05) is 20.3 Å². The molecule has 1 saturated heterocycles. The Labute approximate surface area is 101 Å². The summed E-state index contributed by atoms with van der Waals surface area (Å²) in [6, 6.07) is -0.577.